The first-order chi connectivity index (χ1) is 15.7. The Balaban J connectivity index is 1.64. The standard InChI is InChI=1S/C28H27NO3/c1-3-31-27(30)19-18-22-12-9-11-21(28(22)32-4-2)13-10-20-29-25-16-7-5-14-23(25)24-15-6-8-17-26(24)29/h5-9,11-12,14-17H,3-4,18-20H2,1-2H3. The molecule has 0 amide bonds. The smallest absolute Gasteiger partial charge is 0.306 e. The highest BCUT2D eigenvalue weighted by atomic mass is 16.5. The van der Waals surface area contributed by atoms with Crippen molar-refractivity contribution in [2.75, 3.05) is 13.2 Å². The van der Waals surface area contributed by atoms with Crippen molar-refractivity contribution in [1.82, 2.24) is 4.57 Å². The number of aryl methyl sites for hydroxylation is 1. The molecule has 1 heterocycles. The van der Waals surface area contributed by atoms with Crippen LogP contribution in [0.2, 0.25) is 0 Å². The molecule has 0 unspecified atom stereocenters. The van der Waals surface area contributed by atoms with Crippen molar-refractivity contribution in [1.29, 1.82) is 0 Å². The quantitative estimate of drug-likeness (QED) is 0.280. The Hall–Kier alpha value is -3.71. The van der Waals surface area contributed by atoms with Crippen LogP contribution in [0, 0.1) is 11.8 Å². The maximum atomic E-state index is 11.8. The fraction of sp³-hybridized carbons (Fsp3) is 0.250. The molecule has 4 nitrogen and oxygen atoms in total. The minimum absolute atomic E-state index is 0.196. The molecule has 4 heteroatoms. The molecule has 32 heavy (non-hydrogen) atoms. The van der Waals surface area contributed by atoms with E-state index in [0.29, 0.717) is 32.6 Å². The Labute approximate surface area is 188 Å². The van der Waals surface area contributed by atoms with E-state index in [1.165, 1.54) is 21.8 Å². The maximum Gasteiger partial charge on any atom is 0.306 e. The first-order valence-corrected chi connectivity index (χ1v) is 11.1. The molecule has 4 rings (SSSR count). The monoisotopic (exact) mass is 425 g/mol. The highest BCUT2D eigenvalue weighted by Gasteiger charge is 2.11. The van der Waals surface area contributed by atoms with Crippen LogP contribution in [-0.2, 0) is 22.5 Å². The number of hydrogen-bond acceptors (Lipinski definition) is 3. The van der Waals surface area contributed by atoms with Crippen LogP contribution in [-0.4, -0.2) is 23.8 Å². The molecule has 0 spiro atoms. The second kappa shape index (κ2) is 10.1. The molecular formula is C28H27NO3. The van der Waals surface area contributed by atoms with Gasteiger partial charge in [-0.3, -0.25) is 4.79 Å². The molecule has 3 aromatic carbocycles. The largest absolute Gasteiger partial charge is 0.492 e. The second-order valence-electron chi connectivity index (χ2n) is 7.45. The molecule has 0 aliphatic rings. The topological polar surface area (TPSA) is 40.5 Å². The van der Waals surface area contributed by atoms with E-state index in [2.05, 4.69) is 64.9 Å². The lowest BCUT2D eigenvalue weighted by atomic mass is 10.0. The molecule has 0 bridgehead atoms. The number of para-hydroxylation sites is 3. The third kappa shape index (κ3) is 4.48. The third-order valence-electron chi connectivity index (χ3n) is 5.43. The summed E-state index contributed by atoms with van der Waals surface area (Å²) in [5, 5.41) is 2.47. The average molecular weight is 426 g/mol. The van der Waals surface area contributed by atoms with Crippen molar-refractivity contribution in [2.45, 2.75) is 33.2 Å². The third-order valence-corrected chi connectivity index (χ3v) is 5.43. The van der Waals surface area contributed by atoms with Gasteiger partial charge in [0, 0.05) is 28.2 Å². The second-order valence-corrected chi connectivity index (χ2v) is 7.45. The number of ether oxygens (including phenoxy) is 2. The summed E-state index contributed by atoms with van der Waals surface area (Å²) in [4.78, 5) is 11.8. The summed E-state index contributed by atoms with van der Waals surface area (Å²) in [5.41, 5.74) is 4.17. The normalized spacial score (nSPS) is 10.7. The molecule has 0 saturated carbocycles. The summed E-state index contributed by atoms with van der Waals surface area (Å²) in [7, 11) is 0. The summed E-state index contributed by atoms with van der Waals surface area (Å²) in [6.07, 6.45) is 0.892. The van der Waals surface area contributed by atoms with Gasteiger partial charge in [-0.25, -0.2) is 0 Å². The van der Waals surface area contributed by atoms with Crippen molar-refractivity contribution in [3.05, 3.63) is 77.9 Å². The van der Waals surface area contributed by atoms with Crippen molar-refractivity contribution < 1.29 is 14.3 Å². The van der Waals surface area contributed by atoms with Gasteiger partial charge in [-0.2, -0.15) is 0 Å². The van der Waals surface area contributed by atoms with E-state index >= 15 is 0 Å². The van der Waals surface area contributed by atoms with Gasteiger partial charge in [-0.05, 0) is 44.0 Å². The molecule has 162 valence electrons. The van der Waals surface area contributed by atoms with Crippen molar-refractivity contribution >= 4 is 27.8 Å². The number of carbonyl (C=O) groups excluding carboxylic acids is 1. The van der Waals surface area contributed by atoms with E-state index in [1.54, 1.807) is 0 Å². The van der Waals surface area contributed by atoms with Gasteiger partial charge in [0.1, 0.15) is 5.75 Å². The molecule has 0 aliphatic carbocycles. The van der Waals surface area contributed by atoms with E-state index in [0.717, 1.165) is 16.9 Å². The Morgan fingerprint density at radius 2 is 1.56 bits per heavy atom. The van der Waals surface area contributed by atoms with Crippen molar-refractivity contribution in [3.63, 3.8) is 0 Å². The average Bonchev–Trinajstić information content (AvgIpc) is 3.13. The molecule has 1 aromatic heterocycles. The number of esters is 1. The highest BCUT2D eigenvalue weighted by molar-refractivity contribution is 6.08. The van der Waals surface area contributed by atoms with Gasteiger partial charge < -0.3 is 14.0 Å². The Morgan fingerprint density at radius 1 is 0.875 bits per heavy atom. The van der Waals surface area contributed by atoms with Gasteiger partial charge in [0.25, 0.3) is 0 Å². The molecule has 4 aromatic rings. The zero-order valence-corrected chi connectivity index (χ0v) is 18.6. The van der Waals surface area contributed by atoms with Crippen molar-refractivity contribution in [2.24, 2.45) is 0 Å². The van der Waals surface area contributed by atoms with Crippen molar-refractivity contribution in [3.8, 4) is 17.6 Å². The summed E-state index contributed by atoms with van der Waals surface area (Å²) < 4.78 is 13.2. The first kappa shape index (κ1) is 21.5. The summed E-state index contributed by atoms with van der Waals surface area (Å²) in [5.74, 6) is 7.21. The van der Waals surface area contributed by atoms with Crippen LogP contribution in [0.5, 0.6) is 5.75 Å². The van der Waals surface area contributed by atoms with E-state index < -0.39 is 0 Å². The van der Waals surface area contributed by atoms with Gasteiger partial charge in [0.05, 0.1) is 25.3 Å². The van der Waals surface area contributed by atoms with Gasteiger partial charge in [0.2, 0.25) is 0 Å². The van der Waals surface area contributed by atoms with Crippen LogP contribution in [0.3, 0.4) is 0 Å². The summed E-state index contributed by atoms with van der Waals surface area (Å²) in [6, 6.07) is 22.8. The molecule has 0 aliphatic heterocycles. The lowest BCUT2D eigenvalue weighted by Crippen LogP contribution is -2.07. The lowest BCUT2D eigenvalue weighted by molar-refractivity contribution is -0.143. The van der Waals surface area contributed by atoms with Gasteiger partial charge in [-0.15, -0.1) is 0 Å². The summed E-state index contributed by atoms with van der Waals surface area (Å²) in [6.45, 7) is 5.28. The molecular weight excluding hydrogens is 398 g/mol. The Morgan fingerprint density at radius 3 is 2.22 bits per heavy atom. The number of hydrogen-bond donors (Lipinski definition) is 0. The Bertz CT molecular complexity index is 1250. The number of aromatic nitrogens is 1. The number of carbonyl (C=O) groups is 1. The summed E-state index contributed by atoms with van der Waals surface area (Å²) >= 11 is 0. The van der Waals surface area contributed by atoms with Crippen LogP contribution in [0.4, 0.5) is 0 Å². The maximum absolute atomic E-state index is 11.8. The van der Waals surface area contributed by atoms with Gasteiger partial charge in [-0.1, -0.05) is 60.4 Å². The number of benzene rings is 3. The van der Waals surface area contributed by atoms with Crippen LogP contribution < -0.4 is 4.74 Å². The fourth-order valence-electron chi connectivity index (χ4n) is 4.05. The van der Waals surface area contributed by atoms with Crippen LogP contribution >= 0.6 is 0 Å². The number of rotatable bonds is 7. The van der Waals surface area contributed by atoms with E-state index in [-0.39, 0.29) is 5.97 Å². The van der Waals surface area contributed by atoms with Gasteiger partial charge >= 0.3 is 5.97 Å². The number of nitrogens with zero attached hydrogens (tertiary/aromatic N) is 1. The fourth-order valence-corrected chi connectivity index (χ4v) is 4.05. The zero-order valence-electron chi connectivity index (χ0n) is 18.6. The first-order valence-electron chi connectivity index (χ1n) is 11.1. The van der Waals surface area contributed by atoms with E-state index in [1.807, 2.05) is 32.0 Å². The van der Waals surface area contributed by atoms with Crippen LogP contribution in [0.25, 0.3) is 21.8 Å². The predicted octanol–water partition coefficient (Wildman–Crippen LogP) is 5.74. The lowest BCUT2D eigenvalue weighted by Gasteiger charge is -2.12. The van der Waals surface area contributed by atoms with Crippen LogP contribution in [0.1, 0.15) is 31.4 Å². The van der Waals surface area contributed by atoms with Gasteiger partial charge in [0.15, 0.2) is 0 Å². The minimum Gasteiger partial charge on any atom is -0.492 e. The van der Waals surface area contributed by atoms with Crippen LogP contribution in [0.15, 0.2) is 66.7 Å². The Kier molecular flexibility index (Phi) is 6.77. The molecule has 0 saturated heterocycles. The molecule has 0 radical (unpaired) electrons. The highest BCUT2D eigenvalue weighted by Crippen LogP contribution is 2.29. The molecule has 0 fully saturated rings. The predicted molar refractivity (Wildman–Crippen MR) is 129 cm³/mol. The minimum atomic E-state index is -0.196. The zero-order chi connectivity index (χ0) is 22.3. The number of fused-ring (bicyclic) bond motifs is 3. The molecule has 0 N–H and O–H groups in total. The van der Waals surface area contributed by atoms with E-state index in [9.17, 15) is 4.79 Å². The molecule has 0 atom stereocenters. The SMILES string of the molecule is CCOC(=O)CCc1cccc(C#CCn2c3ccccc3c3ccccc32)c1OCC. The van der Waals surface area contributed by atoms with E-state index in [4.69, 9.17) is 9.47 Å².